The van der Waals surface area contributed by atoms with Gasteiger partial charge in [0.1, 0.15) is 11.4 Å². The van der Waals surface area contributed by atoms with Crippen molar-refractivity contribution in [2.75, 3.05) is 26.2 Å². The molecule has 1 atom stereocenters. The van der Waals surface area contributed by atoms with Gasteiger partial charge < -0.3 is 10.6 Å². The van der Waals surface area contributed by atoms with E-state index in [1.54, 1.807) is 12.1 Å². The number of halogens is 1. The highest BCUT2D eigenvalue weighted by atomic mass is 19.1. The number of rotatable bonds is 6. The summed E-state index contributed by atoms with van der Waals surface area (Å²) in [6, 6.07) is 18.4. The molecule has 3 aromatic carbocycles. The smallest absolute Gasteiger partial charge is 0.245 e. The number of fused-ring (bicyclic) bond motifs is 1. The number of carbonyl (C=O) groups is 1. The lowest BCUT2D eigenvalue weighted by molar-refractivity contribution is -0.134. The van der Waals surface area contributed by atoms with Crippen LogP contribution in [0.2, 0.25) is 0 Å². The second-order valence-corrected chi connectivity index (χ2v) is 8.57. The van der Waals surface area contributed by atoms with Crippen molar-refractivity contribution in [2.45, 2.75) is 32.4 Å². The molecule has 0 saturated carbocycles. The predicted octanol–water partition coefficient (Wildman–Crippen LogP) is 3.85. The van der Waals surface area contributed by atoms with Crippen LogP contribution >= 0.6 is 0 Å². The molecule has 1 fully saturated rings. The van der Waals surface area contributed by atoms with Crippen molar-refractivity contribution in [3.8, 4) is 6.07 Å². The Morgan fingerprint density at radius 1 is 1.15 bits per heavy atom. The van der Waals surface area contributed by atoms with Gasteiger partial charge in [0.2, 0.25) is 5.91 Å². The minimum absolute atomic E-state index is 0.135. The Labute approximate surface area is 194 Å². The van der Waals surface area contributed by atoms with Crippen LogP contribution in [0.1, 0.15) is 36.1 Å². The Hall–Kier alpha value is -3.27. The molecule has 1 aliphatic heterocycles. The maximum atomic E-state index is 13.8. The fraction of sp³-hybridized carbons (Fsp3) is 0.333. The molecular weight excluding hydrogens is 415 g/mol. The minimum atomic E-state index is -0.940. The number of amides is 1. The zero-order valence-corrected chi connectivity index (χ0v) is 19.1. The number of hydrogen-bond acceptors (Lipinski definition) is 4. The lowest BCUT2D eigenvalue weighted by atomic mass is 9.87. The van der Waals surface area contributed by atoms with E-state index in [4.69, 9.17) is 0 Å². The van der Waals surface area contributed by atoms with Gasteiger partial charge >= 0.3 is 0 Å². The molecule has 3 aromatic rings. The topological polar surface area (TPSA) is 68.2 Å². The molecule has 5 nitrogen and oxygen atoms in total. The van der Waals surface area contributed by atoms with Gasteiger partial charge in [0.15, 0.2) is 0 Å². The molecule has 1 heterocycles. The summed E-state index contributed by atoms with van der Waals surface area (Å²) >= 11 is 0. The number of piperazine rings is 1. The maximum Gasteiger partial charge on any atom is 0.245 e. The van der Waals surface area contributed by atoms with Gasteiger partial charge in [-0.15, -0.1) is 0 Å². The summed E-state index contributed by atoms with van der Waals surface area (Å²) in [7, 11) is 0. The fourth-order valence-electron chi connectivity index (χ4n) is 4.86. The van der Waals surface area contributed by atoms with Gasteiger partial charge in [0, 0.05) is 32.7 Å². The van der Waals surface area contributed by atoms with Gasteiger partial charge in [-0.25, -0.2) is 4.39 Å². The van der Waals surface area contributed by atoms with Crippen LogP contribution in [0.5, 0.6) is 0 Å². The van der Waals surface area contributed by atoms with Crippen molar-refractivity contribution in [1.29, 1.82) is 5.26 Å². The van der Waals surface area contributed by atoms with E-state index in [0.717, 1.165) is 40.6 Å². The molecule has 1 unspecified atom stereocenters. The molecule has 0 aliphatic carbocycles. The Balaban J connectivity index is 1.71. The average Bonchev–Trinajstić information content (AvgIpc) is 2.86. The Kier molecular flexibility index (Phi) is 6.73. The zero-order valence-electron chi connectivity index (χ0n) is 19.1. The van der Waals surface area contributed by atoms with Gasteiger partial charge in [-0.2, -0.15) is 5.26 Å². The normalized spacial score (nSPS) is 16.2. The Morgan fingerprint density at radius 3 is 2.52 bits per heavy atom. The summed E-state index contributed by atoms with van der Waals surface area (Å²) in [5.74, 6) is -0.460. The number of benzene rings is 3. The molecule has 33 heavy (non-hydrogen) atoms. The molecular formula is C27H29FN4O. The average molecular weight is 445 g/mol. The molecule has 170 valence electrons. The molecule has 0 bridgehead atoms. The summed E-state index contributed by atoms with van der Waals surface area (Å²) in [5.41, 5.74) is 2.40. The molecule has 2 N–H and O–H groups in total. The van der Waals surface area contributed by atoms with Crippen molar-refractivity contribution in [2.24, 2.45) is 0 Å². The van der Waals surface area contributed by atoms with Crippen LogP contribution in [0.25, 0.3) is 10.8 Å². The SMILES string of the molecule is CCc1c(C#N)cc2ccccc2c1CNC(=O)C(C)(c1ccc(F)cc1)N1CCNCC1. The van der Waals surface area contributed by atoms with Crippen LogP contribution in [-0.2, 0) is 23.3 Å². The first-order chi connectivity index (χ1) is 16.0. The third kappa shape index (κ3) is 4.35. The van der Waals surface area contributed by atoms with E-state index in [9.17, 15) is 14.4 Å². The highest BCUT2D eigenvalue weighted by Gasteiger charge is 2.41. The van der Waals surface area contributed by atoms with Crippen LogP contribution in [0, 0.1) is 17.1 Å². The lowest BCUT2D eigenvalue weighted by Crippen LogP contribution is -2.59. The van der Waals surface area contributed by atoms with Crippen molar-refractivity contribution in [3.63, 3.8) is 0 Å². The standard InChI is InChI=1S/C27H29FN4O/c1-3-23-20(17-29)16-19-6-4-5-7-24(19)25(23)18-31-26(33)27(2,32-14-12-30-13-15-32)21-8-10-22(28)11-9-21/h4-11,16,30H,3,12-15,18H2,1-2H3,(H,31,33). The van der Waals surface area contributed by atoms with E-state index in [0.29, 0.717) is 31.6 Å². The largest absolute Gasteiger partial charge is 0.350 e. The van der Waals surface area contributed by atoms with Crippen molar-refractivity contribution < 1.29 is 9.18 Å². The third-order valence-electron chi connectivity index (χ3n) is 6.77. The van der Waals surface area contributed by atoms with Gasteiger partial charge in [0.05, 0.1) is 11.6 Å². The number of nitrogens with one attached hydrogen (secondary N) is 2. The van der Waals surface area contributed by atoms with E-state index in [1.807, 2.05) is 44.2 Å². The number of nitriles is 1. The lowest BCUT2D eigenvalue weighted by Gasteiger charge is -2.42. The van der Waals surface area contributed by atoms with Crippen LogP contribution in [0.15, 0.2) is 54.6 Å². The van der Waals surface area contributed by atoms with E-state index < -0.39 is 5.54 Å². The Bertz CT molecular complexity index is 1200. The monoisotopic (exact) mass is 444 g/mol. The van der Waals surface area contributed by atoms with Gasteiger partial charge in [0.25, 0.3) is 0 Å². The molecule has 0 spiro atoms. The van der Waals surface area contributed by atoms with Crippen molar-refractivity contribution in [1.82, 2.24) is 15.5 Å². The van der Waals surface area contributed by atoms with Gasteiger partial charge in [-0.05, 0) is 59.0 Å². The predicted molar refractivity (Wildman–Crippen MR) is 128 cm³/mol. The number of nitrogens with zero attached hydrogens (tertiary/aromatic N) is 2. The quantitative estimate of drug-likeness (QED) is 0.606. The van der Waals surface area contributed by atoms with Crippen molar-refractivity contribution in [3.05, 3.63) is 82.7 Å². The fourth-order valence-corrected chi connectivity index (χ4v) is 4.86. The maximum absolute atomic E-state index is 13.8. The molecule has 1 saturated heterocycles. The molecule has 0 aromatic heterocycles. The van der Waals surface area contributed by atoms with E-state index >= 15 is 0 Å². The number of hydrogen-bond donors (Lipinski definition) is 2. The molecule has 4 rings (SSSR count). The van der Waals surface area contributed by atoms with Crippen molar-refractivity contribution >= 4 is 16.7 Å². The van der Waals surface area contributed by atoms with E-state index in [2.05, 4.69) is 21.6 Å². The minimum Gasteiger partial charge on any atom is -0.350 e. The Morgan fingerprint density at radius 2 is 1.85 bits per heavy atom. The van der Waals surface area contributed by atoms with Crippen LogP contribution in [-0.4, -0.2) is 37.0 Å². The molecule has 6 heteroatoms. The van der Waals surface area contributed by atoms with Gasteiger partial charge in [-0.1, -0.05) is 43.3 Å². The van der Waals surface area contributed by atoms with E-state index in [1.165, 1.54) is 12.1 Å². The highest BCUT2D eigenvalue weighted by molar-refractivity contribution is 5.90. The summed E-state index contributed by atoms with van der Waals surface area (Å²) in [5, 5.41) is 18.2. The summed E-state index contributed by atoms with van der Waals surface area (Å²) < 4.78 is 13.6. The summed E-state index contributed by atoms with van der Waals surface area (Å²) in [6.07, 6.45) is 0.700. The van der Waals surface area contributed by atoms with Crippen LogP contribution in [0.4, 0.5) is 4.39 Å². The first kappa shape index (κ1) is 22.9. The van der Waals surface area contributed by atoms with Crippen LogP contribution in [0.3, 0.4) is 0 Å². The van der Waals surface area contributed by atoms with Crippen LogP contribution < -0.4 is 10.6 Å². The first-order valence-corrected chi connectivity index (χ1v) is 11.4. The second-order valence-electron chi connectivity index (χ2n) is 8.57. The number of carbonyl (C=O) groups excluding carboxylic acids is 1. The summed E-state index contributed by atoms with van der Waals surface area (Å²) in [6.45, 7) is 7.27. The molecule has 1 amide bonds. The second kappa shape index (κ2) is 9.70. The third-order valence-corrected chi connectivity index (χ3v) is 6.77. The molecule has 1 aliphatic rings. The molecule has 0 radical (unpaired) electrons. The summed E-state index contributed by atoms with van der Waals surface area (Å²) in [4.78, 5) is 15.9. The van der Waals surface area contributed by atoms with E-state index in [-0.39, 0.29) is 11.7 Å². The van der Waals surface area contributed by atoms with Gasteiger partial charge in [-0.3, -0.25) is 9.69 Å². The zero-order chi connectivity index (χ0) is 23.4. The highest BCUT2D eigenvalue weighted by Crippen LogP contribution is 2.31. The first-order valence-electron chi connectivity index (χ1n) is 11.4.